The number of anilines is 2. The Hall–Kier alpha value is -3.40. The van der Waals surface area contributed by atoms with Gasteiger partial charge in [-0.25, -0.2) is 9.97 Å². The maximum Gasteiger partial charge on any atom is 0.452 e. The first-order valence-electron chi connectivity index (χ1n) is 8.94. The van der Waals surface area contributed by atoms with E-state index < -0.39 is 23.5 Å². The Morgan fingerprint density at radius 1 is 1.20 bits per heavy atom. The lowest BCUT2D eigenvalue weighted by atomic mass is 10.2. The maximum atomic E-state index is 13.4. The average Bonchev–Trinajstić information content (AvgIpc) is 3.17. The number of carbonyl (C=O) groups is 1. The van der Waals surface area contributed by atoms with Crippen molar-refractivity contribution < 1.29 is 27.1 Å². The molecule has 1 atom stereocenters. The van der Waals surface area contributed by atoms with Crippen LogP contribution in [0.5, 0.6) is 0 Å². The Bertz CT molecular complexity index is 989. The van der Waals surface area contributed by atoms with E-state index in [1.807, 2.05) is 6.92 Å². The summed E-state index contributed by atoms with van der Waals surface area (Å²) in [6.45, 7) is 2.37. The number of alkyl halides is 3. The minimum Gasteiger partial charge on any atom is -0.431 e. The number of oxazole rings is 1. The van der Waals surface area contributed by atoms with Crippen LogP contribution in [0.25, 0.3) is 11.5 Å². The Morgan fingerprint density at radius 3 is 2.53 bits per heavy atom. The second kappa shape index (κ2) is 8.95. The van der Waals surface area contributed by atoms with Crippen LogP contribution < -0.4 is 10.6 Å². The summed E-state index contributed by atoms with van der Waals surface area (Å²) in [5.41, 5.74) is -0.316. The molecule has 0 saturated heterocycles. The van der Waals surface area contributed by atoms with Crippen molar-refractivity contribution in [3.63, 3.8) is 0 Å². The summed E-state index contributed by atoms with van der Waals surface area (Å²) in [7, 11) is 1.58. The number of pyridine rings is 1. The smallest absolute Gasteiger partial charge is 0.431 e. The van der Waals surface area contributed by atoms with Crippen LogP contribution in [0, 0.1) is 0 Å². The molecule has 0 fully saturated rings. The van der Waals surface area contributed by atoms with E-state index in [-0.39, 0.29) is 17.6 Å². The molecule has 30 heavy (non-hydrogen) atoms. The highest BCUT2D eigenvalue weighted by molar-refractivity contribution is 6.04. The number of rotatable bonds is 7. The van der Waals surface area contributed by atoms with Gasteiger partial charge in [-0.15, -0.1) is 0 Å². The van der Waals surface area contributed by atoms with E-state index in [1.54, 1.807) is 31.4 Å². The van der Waals surface area contributed by atoms with Crippen molar-refractivity contribution in [3.8, 4) is 11.5 Å². The molecule has 10 heteroatoms. The van der Waals surface area contributed by atoms with Gasteiger partial charge in [0.1, 0.15) is 5.82 Å². The van der Waals surface area contributed by atoms with Gasteiger partial charge in [-0.1, -0.05) is 18.2 Å². The molecule has 0 bridgehead atoms. The van der Waals surface area contributed by atoms with Gasteiger partial charge in [-0.3, -0.25) is 4.79 Å². The fourth-order valence-corrected chi connectivity index (χ4v) is 2.66. The van der Waals surface area contributed by atoms with Crippen LogP contribution in [0.4, 0.5) is 24.7 Å². The maximum absolute atomic E-state index is 13.4. The zero-order valence-corrected chi connectivity index (χ0v) is 16.2. The molecule has 2 heterocycles. The molecule has 1 unspecified atom stereocenters. The minimum absolute atomic E-state index is 0.00354. The number of aromatic nitrogens is 2. The van der Waals surface area contributed by atoms with Crippen molar-refractivity contribution in [2.24, 2.45) is 0 Å². The molecular weight excluding hydrogens is 401 g/mol. The topological polar surface area (TPSA) is 89.3 Å². The first kappa shape index (κ1) is 21.3. The summed E-state index contributed by atoms with van der Waals surface area (Å²) < 4.78 is 50.0. The van der Waals surface area contributed by atoms with E-state index in [4.69, 9.17) is 9.15 Å². The molecule has 3 rings (SSSR count). The summed E-state index contributed by atoms with van der Waals surface area (Å²) in [5, 5.41) is 5.45. The van der Waals surface area contributed by atoms with Gasteiger partial charge in [-0.05, 0) is 31.2 Å². The monoisotopic (exact) mass is 420 g/mol. The average molecular weight is 420 g/mol. The highest BCUT2D eigenvalue weighted by Crippen LogP contribution is 2.35. The molecule has 0 aliphatic rings. The number of hydrogen-bond donors (Lipinski definition) is 2. The zero-order chi connectivity index (χ0) is 21.7. The lowest BCUT2D eigenvalue weighted by molar-refractivity contribution is -0.153. The third-order valence-electron chi connectivity index (χ3n) is 3.95. The lowest BCUT2D eigenvalue weighted by Crippen LogP contribution is -2.21. The molecule has 3 aromatic rings. The van der Waals surface area contributed by atoms with Crippen molar-refractivity contribution >= 4 is 17.4 Å². The molecule has 0 spiro atoms. The van der Waals surface area contributed by atoms with E-state index in [1.165, 1.54) is 24.4 Å². The van der Waals surface area contributed by atoms with Crippen LogP contribution in [-0.2, 0) is 10.9 Å². The van der Waals surface area contributed by atoms with Crippen molar-refractivity contribution in [1.29, 1.82) is 0 Å². The predicted octanol–water partition coefficient (Wildman–Crippen LogP) is 4.45. The van der Waals surface area contributed by atoms with E-state index in [0.717, 1.165) is 0 Å². The van der Waals surface area contributed by atoms with Crippen LogP contribution in [0.3, 0.4) is 0 Å². The third kappa shape index (κ3) is 5.15. The number of halogens is 3. The van der Waals surface area contributed by atoms with Gasteiger partial charge in [0, 0.05) is 18.7 Å². The SMILES string of the molecule is COCC(C)Nc1ccc(NC(=O)c2nc(-c3ccccc3)oc2C(F)(F)F)cn1. The zero-order valence-electron chi connectivity index (χ0n) is 16.2. The number of methoxy groups -OCH3 is 1. The summed E-state index contributed by atoms with van der Waals surface area (Å²) in [4.78, 5) is 20.4. The van der Waals surface area contributed by atoms with Crippen molar-refractivity contribution in [2.45, 2.75) is 19.1 Å². The molecule has 2 aromatic heterocycles. The summed E-state index contributed by atoms with van der Waals surface area (Å²) in [6.07, 6.45) is -3.55. The van der Waals surface area contributed by atoms with E-state index in [2.05, 4.69) is 20.6 Å². The quantitative estimate of drug-likeness (QED) is 0.587. The molecule has 1 amide bonds. The van der Waals surface area contributed by atoms with Gasteiger partial charge in [-0.2, -0.15) is 13.2 Å². The second-order valence-corrected chi connectivity index (χ2v) is 6.45. The Labute approximate surface area is 170 Å². The van der Waals surface area contributed by atoms with Crippen molar-refractivity contribution in [2.75, 3.05) is 24.4 Å². The van der Waals surface area contributed by atoms with Crippen LogP contribution in [0.15, 0.2) is 53.1 Å². The van der Waals surface area contributed by atoms with Crippen LogP contribution in [0.2, 0.25) is 0 Å². The number of ether oxygens (including phenoxy) is 1. The van der Waals surface area contributed by atoms with E-state index in [9.17, 15) is 18.0 Å². The molecule has 7 nitrogen and oxygen atoms in total. The highest BCUT2D eigenvalue weighted by atomic mass is 19.4. The fourth-order valence-electron chi connectivity index (χ4n) is 2.66. The van der Waals surface area contributed by atoms with Gasteiger partial charge >= 0.3 is 6.18 Å². The first-order valence-corrected chi connectivity index (χ1v) is 8.94. The number of nitrogens with one attached hydrogen (secondary N) is 2. The number of nitrogens with zero attached hydrogens (tertiary/aromatic N) is 2. The van der Waals surface area contributed by atoms with Crippen LogP contribution >= 0.6 is 0 Å². The third-order valence-corrected chi connectivity index (χ3v) is 3.95. The Morgan fingerprint density at radius 2 is 1.93 bits per heavy atom. The van der Waals surface area contributed by atoms with Crippen LogP contribution in [0.1, 0.15) is 23.2 Å². The number of carbonyl (C=O) groups excluding carboxylic acids is 1. The Balaban J connectivity index is 1.80. The second-order valence-electron chi connectivity index (χ2n) is 6.45. The molecule has 0 radical (unpaired) electrons. The van der Waals surface area contributed by atoms with Gasteiger partial charge in [0.2, 0.25) is 11.7 Å². The predicted molar refractivity (Wildman–Crippen MR) is 104 cm³/mol. The summed E-state index contributed by atoms with van der Waals surface area (Å²) in [6, 6.07) is 11.1. The number of amides is 1. The molecule has 0 saturated carbocycles. The lowest BCUT2D eigenvalue weighted by Gasteiger charge is -2.13. The molecule has 2 N–H and O–H groups in total. The summed E-state index contributed by atoms with van der Waals surface area (Å²) >= 11 is 0. The minimum atomic E-state index is -4.88. The molecule has 0 aliphatic heterocycles. The largest absolute Gasteiger partial charge is 0.452 e. The fraction of sp³-hybridized carbons (Fsp3) is 0.250. The van der Waals surface area contributed by atoms with Gasteiger partial charge in [0.15, 0.2) is 5.69 Å². The first-order chi connectivity index (χ1) is 14.3. The standard InChI is InChI=1S/C20H19F3N4O3/c1-12(11-29-2)25-15-9-8-14(10-24-15)26-18(28)16-17(20(21,22)23)30-19(27-16)13-6-4-3-5-7-13/h3-10,12H,11H2,1-2H3,(H,24,25)(H,26,28). The van der Waals surface area contributed by atoms with Crippen molar-refractivity contribution in [3.05, 3.63) is 60.1 Å². The Kier molecular flexibility index (Phi) is 6.36. The van der Waals surface area contributed by atoms with Gasteiger partial charge < -0.3 is 19.8 Å². The number of benzene rings is 1. The van der Waals surface area contributed by atoms with Gasteiger partial charge in [0.05, 0.1) is 18.5 Å². The highest BCUT2D eigenvalue weighted by Gasteiger charge is 2.42. The van der Waals surface area contributed by atoms with E-state index in [0.29, 0.717) is 18.0 Å². The van der Waals surface area contributed by atoms with E-state index >= 15 is 0 Å². The normalized spacial score (nSPS) is 12.4. The molecule has 1 aromatic carbocycles. The molecular formula is C20H19F3N4O3. The van der Waals surface area contributed by atoms with Gasteiger partial charge in [0.25, 0.3) is 5.91 Å². The molecule has 0 aliphatic carbocycles. The number of hydrogen-bond acceptors (Lipinski definition) is 6. The van der Waals surface area contributed by atoms with Crippen molar-refractivity contribution in [1.82, 2.24) is 9.97 Å². The summed E-state index contributed by atoms with van der Waals surface area (Å²) in [5.74, 6) is -2.28. The van der Waals surface area contributed by atoms with Crippen LogP contribution in [-0.4, -0.2) is 35.6 Å². The molecule has 158 valence electrons.